The highest BCUT2D eigenvalue weighted by atomic mass is 16.3. The molecule has 4 nitrogen and oxygen atoms in total. The largest absolute Gasteiger partial charge is 0.393 e. The highest BCUT2D eigenvalue weighted by Crippen LogP contribution is 2.67. The third kappa shape index (κ3) is 2.90. The molecule has 3 fully saturated rings. The predicted octanol–water partition coefficient (Wildman–Crippen LogP) is 5.81. The molecule has 1 heterocycles. The van der Waals surface area contributed by atoms with Crippen LogP contribution in [0.25, 0.3) is 11.3 Å². The van der Waals surface area contributed by atoms with E-state index in [0.717, 1.165) is 48.3 Å². The van der Waals surface area contributed by atoms with Gasteiger partial charge < -0.3 is 5.11 Å². The molecule has 0 aliphatic heterocycles. The topological polar surface area (TPSA) is 50.9 Å². The molecule has 1 N–H and O–H groups in total. The van der Waals surface area contributed by atoms with Gasteiger partial charge in [0.15, 0.2) is 0 Å². The Kier molecular flexibility index (Phi) is 4.47. The lowest BCUT2D eigenvalue weighted by Crippen LogP contribution is -2.50. The normalized spacial score (nSPS) is 41.8. The van der Waals surface area contributed by atoms with E-state index in [2.05, 4.69) is 65.4 Å². The fourth-order valence-corrected chi connectivity index (χ4v) is 8.22. The van der Waals surface area contributed by atoms with Crippen molar-refractivity contribution in [3.8, 4) is 11.3 Å². The van der Waals surface area contributed by atoms with Crippen molar-refractivity contribution in [2.75, 3.05) is 0 Å². The molecular formula is C27H35N3O. The molecule has 1 aromatic carbocycles. The standard InChI is InChI=1S/C27H35N3O/c1-26-14-12-20(31)16-19(26)8-9-21-22-10-11-25(27(22,2)15-13-23(21)26)30-17-24(28-29-30)18-6-4-3-5-7-18/h3-8,17,20-23,25,31H,9-16H2,1-2H3/t20-,21?,22-,23?,25+,26-,27-/m0/s1. The summed E-state index contributed by atoms with van der Waals surface area (Å²) in [7, 11) is 0. The van der Waals surface area contributed by atoms with Crippen molar-refractivity contribution in [1.82, 2.24) is 15.0 Å². The first-order chi connectivity index (χ1) is 15.0. The second kappa shape index (κ2) is 7.03. The van der Waals surface area contributed by atoms with Gasteiger partial charge in [-0.2, -0.15) is 0 Å². The number of hydrogen-bond acceptors (Lipinski definition) is 3. The van der Waals surface area contributed by atoms with Gasteiger partial charge in [0, 0.05) is 5.56 Å². The molecule has 4 heteroatoms. The van der Waals surface area contributed by atoms with Crippen LogP contribution in [0, 0.1) is 28.6 Å². The summed E-state index contributed by atoms with van der Waals surface area (Å²) in [6.07, 6.45) is 14.0. The second-order valence-electron chi connectivity index (χ2n) is 11.2. The summed E-state index contributed by atoms with van der Waals surface area (Å²) in [5.41, 5.74) is 4.32. The monoisotopic (exact) mass is 417 g/mol. The number of fused-ring (bicyclic) bond motifs is 5. The van der Waals surface area contributed by atoms with Gasteiger partial charge in [0.2, 0.25) is 0 Å². The average molecular weight is 418 g/mol. The van der Waals surface area contributed by atoms with Gasteiger partial charge in [-0.05, 0) is 80.0 Å². The van der Waals surface area contributed by atoms with Crippen LogP contribution in [0.15, 0.2) is 48.2 Å². The van der Waals surface area contributed by atoms with Crippen LogP contribution in [0.4, 0.5) is 0 Å². The zero-order valence-corrected chi connectivity index (χ0v) is 18.9. The zero-order chi connectivity index (χ0) is 21.2. The number of benzene rings is 1. The third-order valence-electron chi connectivity index (χ3n) is 9.93. The Balaban J connectivity index is 1.29. The number of nitrogens with zero attached hydrogens (tertiary/aromatic N) is 3. The van der Waals surface area contributed by atoms with Crippen LogP contribution in [0.2, 0.25) is 0 Å². The molecule has 0 saturated heterocycles. The summed E-state index contributed by atoms with van der Waals surface area (Å²) in [6.45, 7) is 5.06. The Morgan fingerprint density at radius 3 is 2.68 bits per heavy atom. The molecule has 31 heavy (non-hydrogen) atoms. The Morgan fingerprint density at radius 2 is 1.84 bits per heavy atom. The van der Waals surface area contributed by atoms with Crippen LogP contribution in [0.3, 0.4) is 0 Å². The Hall–Kier alpha value is -1.94. The lowest BCUT2D eigenvalue weighted by atomic mass is 9.48. The van der Waals surface area contributed by atoms with Crippen LogP contribution in [-0.2, 0) is 0 Å². The SMILES string of the molecule is C[C@]12CCC3C(CC=C4C[C@@H](O)CC[C@@]43C)[C@@H]1CC[C@H]2n1cc(-c2ccccc2)nn1. The minimum Gasteiger partial charge on any atom is -0.393 e. The van der Waals surface area contributed by atoms with E-state index in [0.29, 0.717) is 16.9 Å². The number of hydrogen-bond donors (Lipinski definition) is 1. The van der Waals surface area contributed by atoms with Gasteiger partial charge in [0.25, 0.3) is 0 Å². The maximum Gasteiger partial charge on any atom is 0.113 e. The summed E-state index contributed by atoms with van der Waals surface area (Å²) >= 11 is 0. The number of aliphatic hydroxyl groups excluding tert-OH is 1. The Labute approximate surface area is 185 Å². The molecule has 2 unspecified atom stereocenters. The van der Waals surface area contributed by atoms with Gasteiger partial charge in [-0.25, -0.2) is 4.68 Å². The molecule has 164 valence electrons. The molecular weight excluding hydrogens is 382 g/mol. The first-order valence-corrected chi connectivity index (χ1v) is 12.3. The smallest absolute Gasteiger partial charge is 0.113 e. The number of aliphatic hydroxyl groups is 1. The summed E-state index contributed by atoms with van der Waals surface area (Å²) in [4.78, 5) is 0. The molecule has 0 radical (unpaired) electrons. The van der Waals surface area contributed by atoms with Crippen LogP contribution in [0.5, 0.6) is 0 Å². The van der Waals surface area contributed by atoms with Gasteiger partial charge in [-0.3, -0.25) is 0 Å². The molecule has 6 rings (SSSR count). The number of aromatic nitrogens is 3. The van der Waals surface area contributed by atoms with E-state index < -0.39 is 0 Å². The predicted molar refractivity (Wildman–Crippen MR) is 122 cm³/mol. The van der Waals surface area contributed by atoms with Gasteiger partial charge in [-0.15, -0.1) is 5.10 Å². The summed E-state index contributed by atoms with van der Waals surface area (Å²) < 4.78 is 2.20. The van der Waals surface area contributed by atoms with Gasteiger partial charge in [0.05, 0.1) is 18.3 Å². The van der Waals surface area contributed by atoms with Crippen molar-refractivity contribution in [3.63, 3.8) is 0 Å². The van der Waals surface area contributed by atoms with E-state index in [1.165, 1.54) is 32.1 Å². The minimum atomic E-state index is -0.119. The summed E-state index contributed by atoms with van der Waals surface area (Å²) in [5.74, 6) is 2.33. The fourth-order valence-electron chi connectivity index (χ4n) is 8.22. The van der Waals surface area contributed by atoms with E-state index >= 15 is 0 Å². The van der Waals surface area contributed by atoms with Crippen LogP contribution < -0.4 is 0 Å². The van der Waals surface area contributed by atoms with Crippen molar-refractivity contribution in [3.05, 3.63) is 48.2 Å². The summed E-state index contributed by atoms with van der Waals surface area (Å²) in [5, 5.41) is 19.4. The first kappa shape index (κ1) is 19.7. The fraction of sp³-hybridized carbons (Fsp3) is 0.630. The quantitative estimate of drug-likeness (QED) is 0.627. The third-order valence-corrected chi connectivity index (χ3v) is 9.93. The van der Waals surface area contributed by atoms with E-state index in [-0.39, 0.29) is 6.10 Å². The zero-order valence-electron chi connectivity index (χ0n) is 18.9. The van der Waals surface area contributed by atoms with E-state index in [9.17, 15) is 5.11 Å². The van der Waals surface area contributed by atoms with Gasteiger partial charge >= 0.3 is 0 Å². The van der Waals surface area contributed by atoms with Crippen molar-refractivity contribution in [2.45, 2.75) is 77.4 Å². The molecule has 3 saturated carbocycles. The Morgan fingerprint density at radius 1 is 1.00 bits per heavy atom. The van der Waals surface area contributed by atoms with Gasteiger partial charge in [0.1, 0.15) is 5.69 Å². The number of allylic oxidation sites excluding steroid dienone is 1. The van der Waals surface area contributed by atoms with E-state index in [1.807, 2.05) is 6.07 Å². The van der Waals surface area contributed by atoms with Crippen molar-refractivity contribution >= 4 is 0 Å². The second-order valence-corrected chi connectivity index (χ2v) is 11.2. The van der Waals surface area contributed by atoms with Crippen molar-refractivity contribution in [2.24, 2.45) is 28.6 Å². The molecule has 0 bridgehead atoms. The molecule has 2 aromatic rings. The average Bonchev–Trinajstić information content (AvgIpc) is 3.39. The first-order valence-electron chi connectivity index (χ1n) is 12.3. The van der Waals surface area contributed by atoms with E-state index in [4.69, 9.17) is 0 Å². The highest BCUT2D eigenvalue weighted by molar-refractivity contribution is 5.57. The van der Waals surface area contributed by atoms with Crippen LogP contribution in [-0.4, -0.2) is 26.2 Å². The Bertz CT molecular complexity index is 997. The lowest BCUT2D eigenvalue weighted by Gasteiger charge is -2.57. The van der Waals surface area contributed by atoms with Crippen LogP contribution >= 0.6 is 0 Å². The molecule has 1 aromatic heterocycles. The molecule has 0 spiro atoms. The van der Waals surface area contributed by atoms with E-state index in [1.54, 1.807) is 5.57 Å². The molecule has 4 aliphatic carbocycles. The lowest BCUT2D eigenvalue weighted by molar-refractivity contribution is -0.0489. The molecule has 0 amide bonds. The van der Waals surface area contributed by atoms with Gasteiger partial charge in [-0.1, -0.05) is 61.0 Å². The maximum absolute atomic E-state index is 10.2. The van der Waals surface area contributed by atoms with Crippen molar-refractivity contribution < 1.29 is 5.11 Å². The number of rotatable bonds is 2. The highest BCUT2D eigenvalue weighted by Gasteiger charge is 2.59. The summed E-state index contributed by atoms with van der Waals surface area (Å²) in [6, 6.07) is 10.9. The molecule has 4 aliphatic rings. The maximum atomic E-state index is 10.2. The van der Waals surface area contributed by atoms with Crippen LogP contribution in [0.1, 0.15) is 71.3 Å². The molecule has 7 atom stereocenters. The van der Waals surface area contributed by atoms with Crippen molar-refractivity contribution in [1.29, 1.82) is 0 Å². The minimum absolute atomic E-state index is 0.119.